The van der Waals surface area contributed by atoms with Crippen molar-refractivity contribution in [2.75, 3.05) is 0 Å². The third kappa shape index (κ3) is 3.94. The van der Waals surface area contributed by atoms with Crippen LogP contribution in [0.3, 0.4) is 0 Å². The van der Waals surface area contributed by atoms with Crippen molar-refractivity contribution in [3.8, 4) is 11.5 Å². The molecule has 0 aliphatic carbocycles. The molecule has 28 heavy (non-hydrogen) atoms. The van der Waals surface area contributed by atoms with Crippen LogP contribution in [-0.4, -0.2) is 16.1 Å². The average Bonchev–Trinajstić information content (AvgIpc) is 3.23. The van der Waals surface area contributed by atoms with Crippen molar-refractivity contribution in [3.05, 3.63) is 107 Å². The summed E-state index contributed by atoms with van der Waals surface area (Å²) in [5.41, 5.74) is 2.16. The van der Waals surface area contributed by atoms with Gasteiger partial charge >= 0.3 is 0 Å². The number of hydrogen-bond acceptors (Lipinski definition) is 4. The van der Waals surface area contributed by atoms with Crippen LogP contribution in [0.4, 0.5) is 0 Å². The number of hydrogen-bond donors (Lipinski definition) is 1. The van der Waals surface area contributed by atoms with Crippen LogP contribution < -0.4 is 5.32 Å². The number of halogens is 1. The summed E-state index contributed by atoms with van der Waals surface area (Å²) >= 11 is 5.94. The first-order valence-corrected chi connectivity index (χ1v) is 9.09. The Morgan fingerprint density at radius 2 is 1.50 bits per heavy atom. The Balaban J connectivity index is 1.66. The molecule has 0 radical (unpaired) electrons. The van der Waals surface area contributed by atoms with E-state index in [1.165, 1.54) is 0 Å². The molecule has 0 fully saturated rings. The number of carbonyl (C=O) groups excluding carboxylic acids is 1. The molecular formula is C22H16ClN3O2. The van der Waals surface area contributed by atoms with Gasteiger partial charge in [-0.15, -0.1) is 10.2 Å². The van der Waals surface area contributed by atoms with Crippen LogP contribution in [0, 0.1) is 0 Å². The van der Waals surface area contributed by atoms with E-state index in [1.54, 1.807) is 36.4 Å². The van der Waals surface area contributed by atoms with E-state index in [4.69, 9.17) is 16.0 Å². The quantitative estimate of drug-likeness (QED) is 0.526. The smallest absolute Gasteiger partial charge is 0.252 e. The van der Waals surface area contributed by atoms with Crippen LogP contribution in [0.15, 0.2) is 89.3 Å². The number of amides is 1. The molecule has 1 atom stereocenters. The molecule has 0 aliphatic rings. The Morgan fingerprint density at radius 1 is 0.857 bits per heavy atom. The summed E-state index contributed by atoms with van der Waals surface area (Å²) in [5.74, 6) is 0.447. The standard InChI is InChI=1S/C22H16ClN3O2/c23-18-13-11-17(12-14-18)21-25-26-22(28-21)19(15-7-3-1-4-8-15)24-20(27)16-9-5-2-6-10-16/h1-14,19H,(H,24,27). The van der Waals surface area contributed by atoms with E-state index >= 15 is 0 Å². The zero-order valence-electron chi connectivity index (χ0n) is 14.7. The summed E-state index contributed by atoms with van der Waals surface area (Å²) in [6.45, 7) is 0. The zero-order chi connectivity index (χ0) is 19.3. The number of benzene rings is 3. The predicted octanol–water partition coefficient (Wildman–Crippen LogP) is 4.91. The van der Waals surface area contributed by atoms with Crippen molar-refractivity contribution in [3.63, 3.8) is 0 Å². The number of nitrogens with one attached hydrogen (secondary N) is 1. The minimum atomic E-state index is -0.567. The summed E-state index contributed by atoms with van der Waals surface area (Å²) < 4.78 is 5.88. The predicted molar refractivity (Wildman–Crippen MR) is 107 cm³/mol. The lowest BCUT2D eigenvalue weighted by Crippen LogP contribution is -2.29. The van der Waals surface area contributed by atoms with Crippen molar-refractivity contribution in [2.24, 2.45) is 0 Å². The number of carbonyl (C=O) groups is 1. The normalized spacial score (nSPS) is 11.8. The molecule has 0 saturated carbocycles. The highest BCUT2D eigenvalue weighted by Gasteiger charge is 2.23. The second-order valence-electron chi connectivity index (χ2n) is 6.14. The fourth-order valence-corrected chi connectivity index (χ4v) is 2.92. The largest absolute Gasteiger partial charge is 0.418 e. The van der Waals surface area contributed by atoms with Gasteiger partial charge in [0.25, 0.3) is 5.91 Å². The third-order valence-electron chi connectivity index (χ3n) is 4.22. The zero-order valence-corrected chi connectivity index (χ0v) is 15.5. The first kappa shape index (κ1) is 17.9. The number of nitrogens with zero attached hydrogens (tertiary/aromatic N) is 2. The van der Waals surface area contributed by atoms with Gasteiger partial charge in [0.15, 0.2) is 0 Å². The average molecular weight is 390 g/mol. The summed E-state index contributed by atoms with van der Waals surface area (Å²) in [5, 5.41) is 11.9. The Morgan fingerprint density at radius 3 is 2.18 bits per heavy atom. The van der Waals surface area contributed by atoms with E-state index in [-0.39, 0.29) is 5.91 Å². The van der Waals surface area contributed by atoms with Crippen molar-refractivity contribution in [2.45, 2.75) is 6.04 Å². The second-order valence-corrected chi connectivity index (χ2v) is 6.57. The Bertz CT molecular complexity index is 1060. The molecular weight excluding hydrogens is 374 g/mol. The molecule has 1 aromatic heterocycles. The molecule has 0 spiro atoms. The maximum atomic E-state index is 12.7. The summed E-state index contributed by atoms with van der Waals surface area (Å²) in [4.78, 5) is 12.7. The molecule has 5 nitrogen and oxygen atoms in total. The van der Waals surface area contributed by atoms with Crippen LogP contribution in [0.2, 0.25) is 5.02 Å². The van der Waals surface area contributed by atoms with Crippen LogP contribution >= 0.6 is 11.6 Å². The first-order valence-electron chi connectivity index (χ1n) is 8.71. The maximum absolute atomic E-state index is 12.7. The van der Waals surface area contributed by atoms with Gasteiger partial charge in [0.1, 0.15) is 6.04 Å². The van der Waals surface area contributed by atoms with Crippen LogP contribution in [0.5, 0.6) is 0 Å². The van der Waals surface area contributed by atoms with Gasteiger partial charge in [-0.3, -0.25) is 4.79 Å². The topological polar surface area (TPSA) is 68.0 Å². The Labute approximate surface area is 167 Å². The lowest BCUT2D eigenvalue weighted by molar-refractivity contribution is 0.0938. The summed E-state index contributed by atoms with van der Waals surface area (Å²) in [6, 6.07) is 25.1. The maximum Gasteiger partial charge on any atom is 0.252 e. The number of rotatable bonds is 5. The molecule has 1 amide bonds. The van der Waals surface area contributed by atoms with Gasteiger partial charge < -0.3 is 9.73 Å². The van der Waals surface area contributed by atoms with Gasteiger partial charge in [-0.1, -0.05) is 60.1 Å². The lowest BCUT2D eigenvalue weighted by Gasteiger charge is -2.15. The lowest BCUT2D eigenvalue weighted by atomic mass is 10.1. The van der Waals surface area contributed by atoms with E-state index < -0.39 is 6.04 Å². The molecule has 4 rings (SSSR count). The Kier molecular flexibility index (Phi) is 5.17. The SMILES string of the molecule is O=C(NC(c1ccccc1)c1nnc(-c2ccc(Cl)cc2)o1)c1ccccc1. The highest BCUT2D eigenvalue weighted by Crippen LogP contribution is 2.26. The molecule has 0 saturated heterocycles. The van der Waals surface area contributed by atoms with E-state index in [9.17, 15) is 4.79 Å². The van der Waals surface area contributed by atoms with Gasteiger partial charge in [0.05, 0.1) is 0 Å². The monoisotopic (exact) mass is 389 g/mol. The van der Waals surface area contributed by atoms with Gasteiger partial charge in [0.2, 0.25) is 11.8 Å². The molecule has 1 unspecified atom stereocenters. The fraction of sp³-hybridized carbons (Fsp3) is 0.0455. The van der Waals surface area contributed by atoms with Crippen LogP contribution in [0.25, 0.3) is 11.5 Å². The molecule has 1 N–H and O–H groups in total. The van der Waals surface area contributed by atoms with E-state index in [0.717, 1.165) is 11.1 Å². The highest BCUT2D eigenvalue weighted by atomic mass is 35.5. The van der Waals surface area contributed by atoms with E-state index in [1.807, 2.05) is 48.5 Å². The summed E-state index contributed by atoms with van der Waals surface area (Å²) in [6.07, 6.45) is 0. The molecule has 3 aromatic carbocycles. The molecule has 0 aliphatic heterocycles. The second kappa shape index (κ2) is 8.06. The molecule has 1 heterocycles. The minimum Gasteiger partial charge on any atom is -0.418 e. The fourth-order valence-electron chi connectivity index (χ4n) is 2.80. The third-order valence-corrected chi connectivity index (χ3v) is 4.48. The van der Waals surface area contributed by atoms with Crippen LogP contribution in [0.1, 0.15) is 27.9 Å². The van der Waals surface area contributed by atoms with Gasteiger partial charge in [-0.05, 0) is 42.0 Å². The molecule has 138 valence electrons. The first-order chi connectivity index (χ1) is 13.7. The molecule has 4 aromatic rings. The van der Waals surface area contributed by atoms with Crippen molar-refractivity contribution in [1.82, 2.24) is 15.5 Å². The van der Waals surface area contributed by atoms with Gasteiger partial charge in [0, 0.05) is 16.1 Å². The van der Waals surface area contributed by atoms with E-state index in [2.05, 4.69) is 15.5 Å². The van der Waals surface area contributed by atoms with Gasteiger partial charge in [-0.25, -0.2) is 0 Å². The Hall–Kier alpha value is -3.44. The molecule has 6 heteroatoms. The minimum absolute atomic E-state index is 0.222. The van der Waals surface area contributed by atoms with Crippen molar-refractivity contribution >= 4 is 17.5 Å². The van der Waals surface area contributed by atoms with Crippen molar-refractivity contribution < 1.29 is 9.21 Å². The number of aromatic nitrogens is 2. The van der Waals surface area contributed by atoms with Gasteiger partial charge in [-0.2, -0.15) is 0 Å². The summed E-state index contributed by atoms with van der Waals surface area (Å²) in [7, 11) is 0. The molecule has 0 bridgehead atoms. The van der Waals surface area contributed by atoms with Crippen molar-refractivity contribution in [1.29, 1.82) is 0 Å². The highest BCUT2D eigenvalue weighted by molar-refractivity contribution is 6.30. The van der Waals surface area contributed by atoms with E-state index in [0.29, 0.717) is 22.4 Å². The van der Waals surface area contributed by atoms with Crippen LogP contribution in [-0.2, 0) is 0 Å².